The Kier molecular flexibility index (Phi) is 3.26. The Bertz CT molecular complexity index is 432. The van der Waals surface area contributed by atoms with E-state index in [1.54, 1.807) is 12.1 Å². The van der Waals surface area contributed by atoms with Gasteiger partial charge in [-0.05, 0) is 31.5 Å². The van der Waals surface area contributed by atoms with Gasteiger partial charge in [0.15, 0.2) is 0 Å². The lowest BCUT2D eigenvalue weighted by Crippen LogP contribution is -2.29. The molecule has 4 nitrogen and oxygen atoms in total. The predicted molar refractivity (Wildman–Crippen MR) is 67.6 cm³/mol. The molecule has 0 amide bonds. The van der Waals surface area contributed by atoms with Gasteiger partial charge in [-0.15, -0.1) is 0 Å². The van der Waals surface area contributed by atoms with E-state index in [1.807, 2.05) is 0 Å². The fraction of sp³-hybridized carbons (Fsp3) is 0.615. The van der Waals surface area contributed by atoms with Crippen molar-refractivity contribution in [2.24, 2.45) is 5.41 Å². The van der Waals surface area contributed by atoms with Crippen molar-refractivity contribution >= 4 is 5.82 Å². The summed E-state index contributed by atoms with van der Waals surface area (Å²) in [7, 11) is 0. The number of hydrogen-bond donors (Lipinski definition) is 1. The van der Waals surface area contributed by atoms with Gasteiger partial charge in [0.05, 0.1) is 6.20 Å². The first kappa shape index (κ1) is 12.6. The van der Waals surface area contributed by atoms with Crippen LogP contribution < -0.4 is 15.0 Å². The molecule has 6 heteroatoms. The number of pyridine rings is 1. The maximum Gasteiger partial charge on any atom is 0.387 e. The molecule has 1 aromatic rings. The monoisotopic (exact) mass is 269 g/mol. The van der Waals surface area contributed by atoms with Crippen molar-refractivity contribution in [2.45, 2.75) is 19.5 Å². The number of rotatable bonds is 3. The van der Waals surface area contributed by atoms with E-state index in [4.69, 9.17) is 0 Å². The first-order valence-electron chi connectivity index (χ1n) is 6.53. The minimum Gasteiger partial charge on any atom is -0.433 e. The number of anilines is 1. The predicted octanol–water partition coefficient (Wildman–Crippen LogP) is 1.87. The van der Waals surface area contributed by atoms with Gasteiger partial charge < -0.3 is 15.0 Å². The third kappa shape index (κ3) is 2.63. The molecule has 2 aliphatic heterocycles. The molecule has 1 aromatic heterocycles. The van der Waals surface area contributed by atoms with Crippen LogP contribution in [0.5, 0.6) is 5.75 Å². The molecule has 1 unspecified atom stereocenters. The number of nitrogens with one attached hydrogen (secondary N) is 1. The summed E-state index contributed by atoms with van der Waals surface area (Å²) in [4.78, 5) is 6.44. The molecule has 0 aromatic carbocycles. The highest BCUT2D eigenvalue weighted by Gasteiger charge is 2.40. The molecule has 104 valence electrons. The van der Waals surface area contributed by atoms with Gasteiger partial charge in [0.1, 0.15) is 11.6 Å². The summed E-state index contributed by atoms with van der Waals surface area (Å²) in [5.41, 5.74) is 0.375. The van der Waals surface area contributed by atoms with Crippen LogP contribution in [-0.4, -0.2) is 37.8 Å². The molecule has 2 fully saturated rings. The van der Waals surface area contributed by atoms with Gasteiger partial charge in [0, 0.05) is 25.0 Å². The minimum atomic E-state index is -2.80. The molecule has 2 saturated heterocycles. The molecule has 0 bridgehead atoms. The maximum atomic E-state index is 12.1. The van der Waals surface area contributed by atoms with Crippen molar-refractivity contribution in [2.75, 3.05) is 31.1 Å². The molecule has 0 aliphatic carbocycles. The van der Waals surface area contributed by atoms with E-state index in [9.17, 15) is 8.78 Å². The van der Waals surface area contributed by atoms with Gasteiger partial charge in [0.25, 0.3) is 0 Å². The number of hydrogen-bond acceptors (Lipinski definition) is 4. The fourth-order valence-corrected chi connectivity index (χ4v) is 3.01. The number of aromatic nitrogens is 1. The number of alkyl halides is 2. The topological polar surface area (TPSA) is 37.4 Å². The lowest BCUT2D eigenvalue weighted by Gasteiger charge is -2.23. The van der Waals surface area contributed by atoms with E-state index in [0.29, 0.717) is 5.41 Å². The average Bonchev–Trinajstić information content (AvgIpc) is 3.01. The van der Waals surface area contributed by atoms with Gasteiger partial charge in [-0.1, -0.05) is 0 Å². The zero-order valence-corrected chi connectivity index (χ0v) is 10.6. The van der Waals surface area contributed by atoms with Crippen LogP contribution in [0, 0.1) is 5.41 Å². The molecule has 0 radical (unpaired) electrons. The van der Waals surface area contributed by atoms with Gasteiger partial charge in [0.2, 0.25) is 0 Å². The van der Waals surface area contributed by atoms with E-state index in [2.05, 4.69) is 19.9 Å². The summed E-state index contributed by atoms with van der Waals surface area (Å²) >= 11 is 0. The van der Waals surface area contributed by atoms with E-state index in [0.717, 1.165) is 38.4 Å². The highest BCUT2D eigenvalue weighted by molar-refractivity contribution is 5.42. The van der Waals surface area contributed by atoms with Crippen LogP contribution >= 0.6 is 0 Å². The van der Waals surface area contributed by atoms with Crippen LogP contribution in [0.4, 0.5) is 14.6 Å². The summed E-state index contributed by atoms with van der Waals surface area (Å²) in [5.74, 6) is 0.945. The molecule has 3 rings (SSSR count). The maximum absolute atomic E-state index is 12.1. The first-order chi connectivity index (χ1) is 9.17. The quantitative estimate of drug-likeness (QED) is 0.909. The lowest BCUT2D eigenvalue weighted by atomic mass is 9.87. The smallest absolute Gasteiger partial charge is 0.387 e. The van der Waals surface area contributed by atoms with Gasteiger partial charge >= 0.3 is 6.61 Å². The zero-order valence-electron chi connectivity index (χ0n) is 10.6. The highest BCUT2D eigenvalue weighted by Crippen LogP contribution is 2.37. The molecule has 1 N–H and O–H groups in total. The third-order valence-electron chi connectivity index (χ3n) is 4.04. The van der Waals surface area contributed by atoms with E-state index < -0.39 is 6.61 Å². The van der Waals surface area contributed by atoms with Crippen LogP contribution in [0.2, 0.25) is 0 Å². The second kappa shape index (κ2) is 4.92. The molecule has 19 heavy (non-hydrogen) atoms. The number of nitrogens with zero attached hydrogens (tertiary/aromatic N) is 2. The Morgan fingerprint density at radius 1 is 1.37 bits per heavy atom. The van der Waals surface area contributed by atoms with Crippen molar-refractivity contribution in [3.63, 3.8) is 0 Å². The Morgan fingerprint density at radius 2 is 2.26 bits per heavy atom. The largest absolute Gasteiger partial charge is 0.433 e. The summed E-state index contributed by atoms with van der Waals surface area (Å²) in [6, 6.07) is 3.30. The van der Waals surface area contributed by atoms with Crippen molar-refractivity contribution in [3.05, 3.63) is 18.3 Å². The summed E-state index contributed by atoms with van der Waals surface area (Å²) in [5, 5.41) is 3.41. The van der Waals surface area contributed by atoms with E-state index in [1.165, 1.54) is 12.6 Å². The molecule has 1 atom stereocenters. The van der Waals surface area contributed by atoms with Gasteiger partial charge in [-0.2, -0.15) is 8.78 Å². The van der Waals surface area contributed by atoms with Crippen molar-refractivity contribution in [1.29, 1.82) is 0 Å². The SMILES string of the molecule is FC(F)Oc1ccc(N2CCC3(CCNC3)C2)nc1. The molecular weight excluding hydrogens is 252 g/mol. The van der Waals surface area contributed by atoms with Crippen LogP contribution in [0.3, 0.4) is 0 Å². The van der Waals surface area contributed by atoms with Crippen molar-refractivity contribution in [3.8, 4) is 5.75 Å². The van der Waals surface area contributed by atoms with Crippen LogP contribution in [0.25, 0.3) is 0 Å². The molecule has 2 aliphatic rings. The van der Waals surface area contributed by atoms with Crippen LogP contribution in [0.1, 0.15) is 12.8 Å². The lowest BCUT2D eigenvalue weighted by molar-refractivity contribution is -0.0500. The molecule has 0 saturated carbocycles. The summed E-state index contributed by atoms with van der Waals surface area (Å²) < 4.78 is 28.4. The molecule has 3 heterocycles. The first-order valence-corrected chi connectivity index (χ1v) is 6.53. The number of ether oxygens (including phenoxy) is 1. The highest BCUT2D eigenvalue weighted by atomic mass is 19.3. The van der Waals surface area contributed by atoms with Gasteiger partial charge in [-0.3, -0.25) is 0 Å². The summed E-state index contributed by atoms with van der Waals surface area (Å²) in [6.45, 7) is 1.32. The second-order valence-electron chi connectivity index (χ2n) is 5.33. The Morgan fingerprint density at radius 3 is 2.89 bits per heavy atom. The Hall–Kier alpha value is -1.43. The summed E-state index contributed by atoms with van der Waals surface area (Å²) in [6.07, 6.45) is 3.73. The Labute approximate surface area is 110 Å². The van der Waals surface area contributed by atoms with Crippen LogP contribution in [0.15, 0.2) is 18.3 Å². The zero-order chi connectivity index (χ0) is 13.3. The van der Waals surface area contributed by atoms with Crippen molar-refractivity contribution < 1.29 is 13.5 Å². The fourth-order valence-electron chi connectivity index (χ4n) is 3.01. The molecular formula is C13H17F2N3O. The van der Waals surface area contributed by atoms with E-state index >= 15 is 0 Å². The minimum absolute atomic E-state index is 0.107. The van der Waals surface area contributed by atoms with Crippen LogP contribution in [-0.2, 0) is 0 Å². The van der Waals surface area contributed by atoms with Crippen molar-refractivity contribution in [1.82, 2.24) is 10.3 Å². The average molecular weight is 269 g/mol. The second-order valence-corrected chi connectivity index (χ2v) is 5.33. The Balaban J connectivity index is 1.66. The number of halogens is 2. The standard InChI is InChI=1S/C13H17F2N3O/c14-12(15)19-10-1-2-11(17-7-10)18-6-4-13(9-18)3-5-16-8-13/h1-2,7,12,16H,3-6,8-9H2. The normalized spacial score (nSPS) is 26.6. The van der Waals surface area contributed by atoms with E-state index in [-0.39, 0.29) is 5.75 Å². The molecule has 1 spiro atoms. The third-order valence-corrected chi connectivity index (χ3v) is 4.04. The van der Waals surface area contributed by atoms with Gasteiger partial charge in [-0.25, -0.2) is 4.98 Å².